The molecule has 0 unspecified atom stereocenters. The van der Waals surface area contributed by atoms with Gasteiger partial charge in [0.25, 0.3) is 0 Å². The summed E-state index contributed by atoms with van der Waals surface area (Å²) in [7, 11) is 0. The Morgan fingerprint density at radius 1 is 1.05 bits per heavy atom. The smallest absolute Gasteiger partial charge is 0.220 e. The zero-order valence-electron chi connectivity index (χ0n) is 11.0. The highest BCUT2D eigenvalue weighted by Gasteiger charge is 2.21. The van der Waals surface area contributed by atoms with Gasteiger partial charge in [-0.1, -0.05) is 31.4 Å². The summed E-state index contributed by atoms with van der Waals surface area (Å²) >= 11 is 0. The van der Waals surface area contributed by atoms with Gasteiger partial charge in [-0.15, -0.1) is 10.2 Å². The molecular weight excluding hydrogens is 238 g/mol. The first-order valence-electron chi connectivity index (χ1n) is 6.98. The monoisotopic (exact) mass is 257 g/mol. The molecule has 0 aliphatic heterocycles. The molecule has 2 N–H and O–H groups in total. The van der Waals surface area contributed by atoms with E-state index in [-0.39, 0.29) is 0 Å². The maximum Gasteiger partial charge on any atom is 0.220 e. The van der Waals surface area contributed by atoms with Crippen molar-refractivity contribution in [3.8, 4) is 0 Å². The number of aromatic nitrogens is 2. The normalized spacial score (nSPS) is 16.6. The van der Waals surface area contributed by atoms with Gasteiger partial charge in [-0.05, 0) is 30.5 Å². The lowest BCUT2D eigenvalue weighted by atomic mass is 9.89. The number of nitrogens with two attached hydrogens (primary N) is 1. The molecular formula is C15H19N3O. The average molecular weight is 257 g/mol. The Morgan fingerprint density at radius 3 is 2.53 bits per heavy atom. The van der Waals surface area contributed by atoms with Crippen LogP contribution in [0.2, 0.25) is 0 Å². The zero-order valence-corrected chi connectivity index (χ0v) is 11.0. The second-order valence-electron chi connectivity index (χ2n) is 5.29. The molecule has 19 heavy (non-hydrogen) atoms. The van der Waals surface area contributed by atoms with Crippen molar-refractivity contribution in [2.45, 2.75) is 44.4 Å². The van der Waals surface area contributed by atoms with Gasteiger partial charge in [0.2, 0.25) is 11.8 Å². The van der Waals surface area contributed by atoms with E-state index >= 15 is 0 Å². The van der Waals surface area contributed by atoms with Gasteiger partial charge >= 0.3 is 0 Å². The summed E-state index contributed by atoms with van der Waals surface area (Å²) in [5, 5.41) is 8.37. The molecule has 0 bridgehead atoms. The van der Waals surface area contributed by atoms with Crippen LogP contribution in [0.25, 0.3) is 0 Å². The van der Waals surface area contributed by atoms with E-state index in [1.54, 1.807) is 0 Å². The first-order valence-corrected chi connectivity index (χ1v) is 6.98. The number of anilines is 1. The Hall–Kier alpha value is -1.84. The van der Waals surface area contributed by atoms with Crippen LogP contribution in [0.1, 0.15) is 55.4 Å². The predicted octanol–water partition coefficient (Wildman–Crippen LogP) is 3.29. The molecule has 0 spiro atoms. The topological polar surface area (TPSA) is 64.9 Å². The number of nitrogens with zero attached hydrogens (tertiary/aromatic N) is 2. The lowest BCUT2D eigenvalue weighted by molar-refractivity contribution is 0.353. The number of hydrogen-bond acceptors (Lipinski definition) is 4. The lowest BCUT2D eigenvalue weighted by Crippen LogP contribution is -2.04. The molecule has 100 valence electrons. The summed E-state index contributed by atoms with van der Waals surface area (Å²) in [5.41, 5.74) is 7.59. The summed E-state index contributed by atoms with van der Waals surface area (Å²) in [6, 6.07) is 7.79. The van der Waals surface area contributed by atoms with Crippen molar-refractivity contribution in [3.05, 3.63) is 41.6 Å². The molecule has 3 rings (SSSR count). The molecule has 0 amide bonds. The number of hydrogen-bond donors (Lipinski definition) is 1. The molecule has 2 aromatic rings. The largest absolute Gasteiger partial charge is 0.425 e. The number of nitrogen functional groups attached to an aromatic ring is 1. The van der Waals surface area contributed by atoms with E-state index in [9.17, 15) is 0 Å². The van der Waals surface area contributed by atoms with Gasteiger partial charge in [0.15, 0.2) is 0 Å². The van der Waals surface area contributed by atoms with Crippen molar-refractivity contribution in [3.63, 3.8) is 0 Å². The summed E-state index contributed by atoms with van der Waals surface area (Å²) in [6.07, 6.45) is 6.94. The maximum absolute atomic E-state index is 5.80. The molecule has 4 heteroatoms. The van der Waals surface area contributed by atoms with Gasteiger partial charge in [-0.2, -0.15) is 0 Å². The van der Waals surface area contributed by atoms with Crippen LogP contribution >= 0.6 is 0 Å². The van der Waals surface area contributed by atoms with E-state index < -0.39 is 0 Å². The molecule has 1 aromatic heterocycles. The predicted molar refractivity (Wildman–Crippen MR) is 73.8 cm³/mol. The summed E-state index contributed by atoms with van der Waals surface area (Å²) in [6.45, 7) is 0. The van der Waals surface area contributed by atoms with Gasteiger partial charge < -0.3 is 10.2 Å². The lowest BCUT2D eigenvalue weighted by Gasteiger charge is -2.17. The van der Waals surface area contributed by atoms with Crippen molar-refractivity contribution >= 4 is 5.69 Å². The second-order valence-corrected chi connectivity index (χ2v) is 5.29. The van der Waals surface area contributed by atoms with Crippen LogP contribution < -0.4 is 5.73 Å². The Kier molecular flexibility index (Phi) is 3.49. The van der Waals surface area contributed by atoms with Crippen LogP contribution in [-0.2, 0) is 6.42 Å². The van der Waals surface area contributed by atoms with E-state index in [0.29, 0.717) is 18.2 Å². The minimum Gasteiger partial charge on any atom is -0.425 e. The minimum atomic E-state index is 0.474. The molecule has 1 aliphatic rings. The van der Waals surface area contributed by atoms with Crippen LogP contribution in [0.15, 0.2) is 28.7 Å². The third-order valence-electron chi connectivity index (χ3n) is 3.77. The van der Waals surface area contributed by atoms with Gasteiger partial charge in [0, 0.05) is 11.6 Å². The van der Waals surface area contributed by atoms with E-state index in [1.165, 1.54) is 32.1 Å². The quantitative estimate of drug-likeness (QED) is 0.857. The summed E-state index contributed by atoms with van der Waals surface area (Å²) in [5.74, 6) is 2.00. The van der Waals surface area contributed by atoms with Gasteiger partial charge in [-0.25, -0.2) is 0 Å². The molecule has 0 saturated heterocycles. The van der Waals surface area contributed by atoms with Crippen LogP contribution in [0.5, 0.6) is 0 Å². The van der Waals surface area contributed by atoms with Crippen LogP contribution in [0, 0.1) is 0 Å². The third-order valence-corrected chi connectivity index (χ3v) is 3.77. The van der Waals surface area contributed by atoms with Gasteiger partial charge in [-0.3, -0.25) is 0 Å². The molecule has 0 radical (unpaired) electrons. The fourth-order valence-electron chi connectivity index (χ4n) is 2.66. The van der Waals surface area contributed by atoms with Crippen molar-refractivity contribution < 1.29 is 4.42 Å². The average Bonchev–Trinajstić information content (AvgIpc) is 2.91. The van der Waals surface area contributed by atoms with Crippen LogP contribution in [-0.4, -0.2) is 10.2 Å². The van der Waals surface area contributed by atoms with Crippen molar-refractivity contribution in [1.82, 2.24) is 10.2 Å². The fraction of sp³-hybridized carbons (Fsp3) is 0.467. The molecule has 1 fully saturated rings. The van der Waals surface area contributed by atoms with E-state index in [4.69, 9.17) is 10.2 Å². The highest BCUT2D eigenvalue weighted by Crippen LogP contribution is 2.31. The molecule has 1 heterocycles. The molecule has 1 aromatic carbocycles. The SMILES string of the molecule is Nc1ccc(Cc2nnc(C3CCCCC3)o2)cc1. The zero-order chi connectivity index (χ0) is 13.1. The summed E-state index contributed by atoms with van der Waals surface area (Å²) in [4.78, 5) is 0. The third kappa shape index (κ3) is 2.95. The maximum atomic E-state index is 5.80. The molecule has 4 nitrogen and oxygen atoms in total. The van der Waals surface area contributed by atoms with E-state index in [0.717, 1.165) is 17.1 Å². The van der Waals surface area contributed by atoms with Crippen molar-refractivity contribution in [2.75, 3.05) is 5.73 Å². The Labute approximate surface area is 113 Å². The van der Waals surface area contributed by atoms with Crippen LogP contribution in [0.4, 0.5) is 5.69 Å². The number of rotatable bonds is 3. The Morgan fingerprint density at radius 2 is 1.79 bits per heavy atom. The highest BCUT2D eigenvalue weighted by molar-refractivity contribution is 5.39. The first-order chi connectivity index (χ1) is 9.31. The fourth-order valence-corrected chi connectivity index (χ4v) is 2.66. The highest BCUT2D eigenvalue weighted by atomic mass is 16.4. The summed E-state index contributed by atoms with van der Waals surface area (Å²) < 4.78 is 5.80. The molecule has 1 saturated carbocycles. The van der Waals surface area contributed by atoms with Crippen molar-refractivity contribution in [2.24, 2.45) is 0 Å². The molecule has 1 aliphatic carbocycles. The van der Waals surface area contributed by atoms with Gasteiger partial charge in [0.1, 0.15) is 0 Å². The first kappa shape index (κ1) is 12.2. The second kappa shape index (κ2) is 5.43. The Balaban J connectivity index is 1.68. The number of benzene rings is 1. The molecule has 0 atom stereocenters. The Bertz CT molecular complexity index is 527. The van der Waals surface area contributed by atoms with Crippen LogP contribution in [0.3, 0.4) is 0 Å². The standard InChI is InChI=1S/C15H19N3O/c16-13-8-6-11(7-9-13)10-14-17-18-15(19-14)12-4-2-1-3-5-12/h6-9,12H,1-5,10,16H2. The van der Waals surface area contributed by atoms with E-state index in [1.807, 2.05) is 24.3 Å². The van der Waals surface area contributed by atoms with E-state index in [2.05, 4.69) is 10.2 Å². The van der Waals surface area contributed by atoms with Crippen molar-refractivity contribution in [1.29, 1.82) is 0 Å². The van der Waals surface area contributed by atoms with Gasteiger partial charge in [0.05, 0.1) is 6.42 Å². The minimum absolute atomic E-state index is 0.474.